The first kappa shape index (κ1) is 9.26. The van der Waals surface area contributed by atoms with Crippen molar-refractivity contribution in [1.29, 1.82) is 0 Å². The lowest BCUT2D eigenvalue weighted by Crippen LogP contribution is -2.65. The molecule has 4 rings (SSSR count). The van der Waals surface area contributed by atoms with Gasteiger partial charge in [0.2, 0.25) is 0 Å². The Bertz CT molecular complexity index is 414. The van der Waals surface area contributed by atoms with Crippen molar-refractivity contribution in [3.05, 3.63) is 29.8 Å². The van der Waals surface area contributed by atoms with Crippen molar-refractivity contribution in [2.75, 3.05) is 0 Å². The summed E-state index contributed by atoms with van der Waals surface area (Å²) in [5, 5.41) is 18.1. The first-order chi connectivity index (χ1) is 7.75. The Morgan fingerprint density at radius 3 is 2.06 bits per heavy atom. The minimum atomic E-state index is -1.33. The van der Waals surface area contributed by atoms with E-state index in [9.17, 15) is 0 Å². The Labute approximate surface area is 95.4 Å². The van der Waals surface area contributed by atoms with Crippen LogP contribution in [0.4, 0.5) is 0 Å². The molecule has 3 fully saturated rings. The molecule has 0 aromatic heterocycles. The molecule has 0 bridgehead atoms. The van der Waals surface area contributed by atoms with E-state index >= 15 is 0 Å². The highest BCUT2D eigenvalue weighted by Crippen LogP contribution is 2.75. The molecular formula is C13H15BO2. The number of rotatable bonds is 2. The molecule has 0 saturated heterocycles. The molecule has 0 amide bonds. The first-order valence-corrected chi connectivity index (χ1v) is 6.21. The van der Waals surface area contributed by atoms with Crippen molar-refractivity contribution in [2.24, 2.45) is 23.7 Å². The van der Waals surface area contributed by atoms with E-state index in [-0.39, 0.29) is 0 Å². The molecule has 0 spiro atoms. The largest absolute Gasteiger partial charge is 0.488 e. The molecular weight excluding hydrogens is 199 g/mol. The van der Waals surface area contributed by atoms with Crippen LogP contribution in [0.5, 0.6) is 0 Å². The van der Waals surface area contributed by atoms with Crippen molar-refractivity contribution >= 4 is 12.6 Å². The van der Waals surface area contributed by atoms with E-state index in [1.165, 1.54) is 18.4 Å². The van der Waals surface area contributed by atoms with E-state index in [0.717, 1.165) is 29.6 Å². The van der Waals surface area contributed by atoms with E-state index in [0.29, 0.717) is 5.46 Å². The van der Waals surface area contributed by atoms with Crippen molar-refractivity contribution in [3.8, 4) is 0 Å². The lowest BCUT2D eigenvalue weighted by atomic mass is 9.31. The standard InChI is InChI=1S/C13H15BO2/c15-14(16)9-3-1-7(2-4-9)12-10-5-8-6-11(12)13(8)10/h1-4,8,10-13,15-16H,5-6H2. The molecule has 0 heterocycles. The maximum atomic E-state index is 9.04. The van der Waals surface area contributed by atoms with Gasteiger partial charge in [-0.2, -0.15) is 0 Å². The monoisotopic (exact) mass is 214 g/mol. The topological polar surface area (TPSA) is 40.5 Å². The molecule has 3 heteroatoms. The zero-order chi connectivity index (χ0) is 10.9. The lowest BCUT2D eigenvalue weighted by molar-refractivity contribution is -0.214. The van der Waals surface area contributed by atoms with E-state index in [1.54, 1.807) is 0 Å². The van der Waals surface area contributed by atoms with Gasteiger partial charge in [-0.25, -0.2) is 0 Å². The average Bonchev–Trinajstić information content (AvgIpc) is 2.28. The van der Waals surface area contributed by atoms with Gasteiger partial charge in [-0.15, -0.1) is 0 Å². The van der Waals surface area contributed by atoms with Crippen LogP contribution in [0, 0.1) is 23.7 Å². The summed E-state index contributed by atoms with van der Waals surface area (Å²) < 4.78 is 0. The van der Waals surface area contributed by atoms with Gasteiger partial charge in [-0.05, 0) is 53.5 Å². The Morgan fingerprint density at radius 1 is 1.00 bits per heavy atom. The van der Waals surface area contributed by atoms with Gasteiger partial charge in [-0.1, -0.05) is 24.3 Å². The van der Waals surface area contributed by atoms with Crippen LogP contribution in [0.15, 0.2) is 24.3 Å². The van der Waals surface area contributed by atoms with E-state index in [2.05, 4.69) is 12.1 Å². The fourth-order valence-electron chi connectivity index (χ4n) is 4.38. The van der Waals surface area contributed by atoms with Gasteiger partial charge in [0, 0.05) is 0 Å². The average molecular weight is 214 g/mol. The maximum Gasteiger partial charge on any atom is 0.488 e. The van der Waals surface area contributed by atoms with Crippen molar-refractivity contribution in [3.63, 3.8) is 0 Å². The molecule has 2 N–H and O–H groups in total. The summed E-state index contributed by atoms with van der Waals surface area (Å²) in [6, 6.07) is 7.87. The third kappa shape index (κ3) is 0.963. The van der Waals surface area contributed by atoms with Crippen LogP contribution in [0.25, 0.3) is 0 Å². The van der Waals surface area contributed by atoms with Crippen LogP contribution in [-0.4, -0.2) is 17.2 Å². The molecule has 1 aromatic rings. The van der Waals surface area contributed by atoms with Crippen LogP contribution in [0.1, 0.15) is 24.3 Å². The molecule has 3 aliphatic carbocycles. The molecule has 0 aliphatic heterocycles. The Balaban J connectivity index is 1.59. The molecule has 16 heavy (non-hydrogen) atoms. The van der Waals surface area contributed by atoms with E-state index in [1.807, 2.05) is 12.1 Å². The van der Waals surface area contributed by atoms with Gasteiger partial charge in [-0.3, -0.25) is 0 Å². The fourth-order valence-corrected chi connectivity index (χ4v) is 4.38. The normalized spacial score (nSPS) is 42.5. The smallest absolute Gasteiger partial charge is 0.423 e. The minimum absolute atomic E-state index is 0.597. The second-order valence-corrected chi connectivity index (χ2v) is 5.70. The van der Waals surface area contributed by atoms with Crippen molar-refractivity contribution < 1.29 is 10.0 Å². The Kier molecular flexibility index (Phi) is 1.68. The minimum Gasteiger partial charge on any atom is -0.423 e. The summed E-state index contributed by atoms with van der Waals surface area (Å²) in [7, 11) is -1.33. The Hall–Kier alpha value is -0.795. The molecule has 1 aromatic carbocycles. The molecule has 3 saturated carbocycles. The van der Waals surface area contributed by atoms with Crippen LogP contribution in [-0.2, 0) is 0 Å². The summed E-state index contributed by atoms with van der Waals surface area (Å²) in [4.78, 5) is 0. The number of hydrogen-bond acceptors (Lipinski definition) is 2. The highest BCUT2D eigenvalue weighted by Gasteiger charge is 2.67. The molecule has 2 nitrogen and oxygen atoms in total. The zero-order valence-corrected chi connectivity index (χ0v) is 9.08. The van der Waals surface area contributed by atoms with Gasteiger partial charge in [0.1, 0.15) is 0 Å². The summed E-state index contributed by atoms with van der Waals surface area (Å²) >= 11 is 0. The highest BCUT2D eigenvalue weighted by molar-refractivity contribution is 6.58. The van der Waals surface area contributed by atoms with E-state index < -0.39 is 7.12 Å². The SMILES string of the molecule is OB(O)c1ccc(C2C3CC4CC2C43)cc1. The quantitative estimate of drug-likeness (QED) is 0.712. The van der Waals surface area contributed by atoms with Gasteiger partial charge >= 0.3 is 7.12 Å². The molecule has 3 aliphatic rings. The molecule has 2 atom stereocenters. The van der Waals surface area contributed by atoms with Gasteiger partial charge in [0.25, 0.3) is 0 Å². The first-order valence-electron chi connectivity index (χ1n) is 6.21. The van der Waals surface area contributed by atoms with Crippen LogP contribution >= 0.6 is 0 Å². The van der Waals surface area contributed by atoms with E-state index in [4.69, 9.17) is 10.0 Å². The number of benzene rings is 1. The van der Waals surface area contributed by atoms with Crippen LogP contribution in [0.3, 0.4) is 0 Å². The van der Waals surface area contributed by atoms with Gasteiger partial charge in [0.05, 0.1) is 0 Å². The maximum absolute atomic E-state index is 9.04. The third-order valence-corrected chi connectivity index (χ3v) is 5.22. The highest BCUT2D eigenvalue weighted by atomic mass is 16.4. The summed E-state index contributed by atoms with van der Waals surface area (Å²) in [6.07, 6.45) is 2.88. The third-order valence-electron chi connectivity index (χ3n) is 5.22. The molecule has 82 valence electrons. The van der Waals surface area contributed by atoms with Gasteiger partial charge in [0.15, 0.2) is 0 Å². The van der Waals surface area contributed by atoms with Gasteiger partial charge < -0.3 is 10.0 Å². The van der Waals surface area contributed by atoms with Crippen LogP contribution < -0.4 is 5.46 Å². The Morgan fingerprint density at radius 2 is 1.62 bits per heavy atom. The second-order valence-electron chi connectivity index (χ2n) is 5.70. The van der Waals surface area contributed by atoms with Crippen molar-refractivity contribution in [2.45, 2.75) is 18.8 Å². The second kappa shape index (κ2) is 2.90. The zero-order valence-electron chi connectivity index (χ0n) is 9.08. The van der Waals surface area contributed by atoms with Crippen molar-refractivity contribution in [1.82, 2.24) is 0 Å². The summed E-state index contributed by atoms with van der Waals surface area (Å²) in [5.41, 5.74) is 2.01. The van der Waals surface area contributed by atoms with Crippen LogP contribution in [0.2, 0.25) is 0 Å². The predicted molar refractivity (Wildman–Crippen MR) is 62.2 cm³/mol. The fraction of sp³-hybridized carbons (Fsp3) is 0.538. The molecule has 0 radical (unpaired) electrons. The predicted octanol–water partition coefficient (Wildman–Crippen LogP) is 0.736. The lowest BCUT2D eigenvalue weighted by Gasteiger charge is -2.73. The summed E-state index contributed by atoms with van der Waals surface area (Å²) in [6.45, 7) is 0. The molecule has 2 unspecified atom stereocenters. The summed E-state index contributed by atoms with van der Waals surface area (Å²) in [5.74, 6) is 4.82. The number of hydrogen-bond donors (Lipinski definition) is 2.